The molecule has 2 N–H and O–H groups in total. The van der Waals surface area contributed by atoms with Gasteiger partial charge >= 0.3 is 5.97 Å². The highest BCUT2D eigenvalue weighted by Gasteiger charge is 2.14. The molecule has 1 aromatic carbocycles. The topological polar surface area (TPSA) is 82.5 Å². The van der Waals surface area contributed by atoms with Crippen molar-refractivity contribution in [2.75, 3.05) is 12.3 Å². The van der Waals surface area contributed by atoms with Crippen molar-refractivity contribution in [1.29, 1.82) is 0 Å². The number of thioether (sulfide) groups is 1. The Morgan fingerprint density at radius 1 is 1.30 bits per heavy atom. The fourth-order valence-electron chi connectivity index (χ4n) is 2.10. The van der Waals surface area contributed by atoms with Gasteiger partial charge in [-0.2, -0.15) is 0 Å². The Bertz CT molecular complexity index is 833. The molecule has 0 spiro atoms. The Hall–Kier alpha value is -2.54. The van der Waals surface area contributed by atoms with E-state index in [4.69, 9.17) is 10.5 Å². The number of carbonyl (C=O) groups is 1. The summed E-state index contributed by atoms with van der Waals surface area (Å²) >= 11 is 1.57. The molecule has 0 aliphatic carbocycles. The Morgan fingerprint density at radius 2 is 2.09 bits per heavy atom. The molecule has 3 rings (SSSR count). The van der Waals surface area contributed by atoms with Crippen molar-refractivity contribution in [3.8, 4) is 0 Å². The number of ether oxygens (including phenoxy) is 1. The van der Waals surface area contributed by atoms with Gasteiger partial charge in [-0.25, -0.2) is 14.8 Å². The van der Waals surface area contributed by atoms with Crippen LogP contribution < -0.4 is 5.73 Å². The predicted octanol–water partition coefficient (Wildman–Crippen LogP) is 2.78. The van der Waals surface area contributed by atoms with Crippen LogP contribution in [0.5, 0.6) is 0 Å². The number of nitrogens with two attached hydrogens (primary N) is 1. The standard InChI is InChI=1S/C16H16N4O2S/c1-2-22-15(21)12-9-20-13(18-12)8-14(19-16(20)17)23-10-11-6-4-3-5-7-11/h3-9H,2,10H2,1H3,(H2,17,19). The Balaban J connectivity index is 1.84. The monoisotopic (exact) mass is 328 g/mol. The number of nitrogens with zero attached hydrogens (tertiary/aromatic N) is 3. The second kappa shape index (κ2) is 6.70. The molecule has 0 amide bonds. The maximum Gasteiger partial charge on any atom is 0.358 e. The third-order valence-corrected chi connectivity index (χ3v) is 4.15. The van der Waals surface area contributed by atoms with Crippen LogP contribution in [0.1, 0.15) is 23.0 Å². The lowest BCUT2D eigenvalue weighted by atomic mass is 10.2. The third-order valence-electron chi connectivity index (χ3n) is 3.17. The summed E-state index contributed by atoms with van der Waals surface area (Å²) in [5.74, 6) is 0.615. The molecular weight excluding hydrogens is 312 g/mol. The van der Waals surface area contributed by atoms with Crippen LogP contribution in [0, 0.1) is 0 Å². The van der Waals surface area contributed by atoms with Gasteiger partial charge in [0.1, 0.15) is 10.7 Å². The van der Waals surface area contributed by atoms with Crippen molar-refractivity contribution in [3.63, 3.8) is 0 Å². The van der Waals surface area contributed by atoms with Gasteiger partial charge in [-0.15, -0.1) is 11.8 Å². The van der Waals surface area contributed by atoms with Gasteiger partial charge in [0, 0.05) is 18.0 Å². The summed E-state index contributed by atoms with van der Waals surface area (Å²) in [6.07, 6.45) is 1.54. The number of rotatable bonds is 5. The molecule has 0 unspecified atom stereocenters. The summed E-state index contributed by atoms with van der Waals surface area (Å²) in [6, 6.07) is 11.9. The van der Waals surface area contributed by atoms with Crippen molar-refractivity contribution in [2.45, 2.75) is 17.7 Å². The lowest BCUT2D eigenvalue weighted by molar-refractivity contribution is 0.0520. The molecule has 118 valence electrons. The van der Waals surface area contributed by atoms with Crippen molar-refractivity contribution < 1.29 is 9.53 Å². The van der Waals surface area contributed by atoms with Gasteiger partial charge in [0.05, 0.1) is 6.61 Å². The molecule has 0 fully saturated rings. The normalized spacial score (nSPS) is 10.8. The van der Waals surface area contributed by atoms with Crippen molar-refractivity contribution >= 4 is 29.3 Å². The van der Waals surface area contributed by atoms with Crippen LogP contribution >= 0.6 is 11.8 Å². The number of imidazole rings is 1. The number of benzene rings is 1. The fraction of sp³-hybridized carbons (Fsp3) is 0.188. The SMILES string of the molecule is CCOC(=O)c1cn2c(N)nc(SCc3ccccc3)cc2n1. The molecule has 0 atom stereocenters. The van der Waals surface area contributed by atoms with Crippen molar-refractivity contribution in [2.24, 2.45) is 0 Å². The van der Waals surface area contributed by atoms with Crippen LogP contribution in [-0.2, 0) is 10.5 Å². The molecule has 0 saturated heterocycles. The summed E-state index contributed by atoms with van der Waals surface area (Å²) in [5, 5.41) is 0.764. The highest BCUT2D eigenvalue weighted by atomic mass is 32.2. The molecule has 3 aromatic rings. The highest BCUT2D eigenvalue weighted by Crippen LogP contribution is 2.23. The Morgan fingerprint density at radius 3 is 2.83 bits per heavy atom. The molecule has 2 aromatic heterocycles. The largest absolute Gasteiger partial charge is 0.461 e. The maximum absolute atomic E-state index is 11.8. The minimum atomic E-state index is -0.464. The minimum Gasteiger partial charge on any atom is -0.461 e. The summed E-state index contributed by atoms with van der Waals surface area (Å²) in [4.78, 5) is 20.4. The fourth-order valence-corrected chi connectivity index (χ4v) is 2.95. The minimum absolute atomic E-state index is 0.227. The van der Waals surface area contributed by atoms with Crippen LogP contribution in [0.2, 0.25) is 0 Å². The van der Waals surface area contributed by atoms with E-state index in [1.165, 1.54) is 5.56 Å². The smallest absolute Gasteiger partial charge is 0.358 e. The quantitative estimate of drug-likeness (QED) is 0.440. The van der Waals surface area contributed by atoms with Gasteiger partial charge < -0.3 is 10.5 Å². The number of carbonyl (C=O) groups excluding carboxylic acids is 1. The second-order valence-electron chi connectivity index (χ2n) is 4.80. The number of hydrogen-bond donors (Lipinski definition) is 1. The summed E-state index contributed by atoms with van der Waals surface area (Å²) in [7, 11) is 0. The Labute approximate surface area is 137 Å². The third kappa shape index (κ3) is 3.45. The molecule has 0 radical (unpaired) electrons. The zero-order valence-electron chi connectivity index (χ0n) is 12.6. The van der Waals surface area contributed by atoms with E-state index >= 15 is 0 Å². The molecule has 0 aliphatic heterocycles. The Kier molecular flexibility index (Phi) is 4.47. The van der Waals surface area contributed by atoms with E-state index in [0.717, 1.165) is 10.8 Å². The van der Waals surface area contributed by atoms with E-state index in [1.54, 1.807) is 29.3 Å². The van der Waals surface area contributed by atoms with Crippen molar-refractivity contribution in [1.82, 2.24) is 14.4 Å². The van der Waals surface area contributed by atoms with Crippen LogP contribution in [-0.4, -0.2) is 26.9 Å². The van der Waals surface area contributed by atoms with Crippen molar-refractivity contribution in [3.05, 3.63) is 53.9 Å². The van der Waals surface area contributed by atoms with E-state index in [2.05, 4.69) is 22.1 Å². The first-order chi connectivity index (χ1) is 11.2. The number of anilines is 1. The van der Waals surface area contributed by atoms with Gasteiger partial charge in [0.25, 0.3) is 0 Å². The molecule has 7 heteroatoms. The van der Waals surface area contributed by atoms with E-state index in [-0.39, 0.29) is 5.69 Å². The molecule has 23 heavy (non-hydrogen) atoms. The van der Waals surface area contributed by atoms with Crippen LogP contribution in [0.25, 0.3) is 5.65 Å². The molecule has 0 aliphatic rings. The first-order valence-electron chi connectivity index (χ1n) is 7.17. The van der Waals surface area contributed by atoms with Crippen LogP contribution in [0.4, 0.5) is 5.95 Å². The summed E-state index contributed by atoms with van der Waals surface area (Å²) < 4.78 is 6.53. The first-order valence-corrected chi connectivity index (χ1v) is 8.15. The molecule has 0 saturated carbocycles. The van der Waals surface area contributed by atoms with E-state index in [1.807, 2.05) is 24.3 Å². The van der Waals surface area contributed by atoms with Gasteiger partial charge in [-0.1, -0.05) is 30.3 Å². The second-order valence-corrected chi connectivity index (χ2v) is 5.80. The van der Waals surface area contributed by atoms with E-state index in [0.29, 0.717) is 18.2 Å². The van der Waals surface area contributed by atoms with Crippen LogP contribution in [0.15, 0.2) is 47.6 Å². The molecule has 6 nitrogen and oxygen atoms in total. The zero-order valence-corrected chi connectivity index (χ0v) is 13.4. The average Bonchev–Trinajstić information content (AvgIpc) is 2.99. The first kappa shape index (κ1) is 15.4. The number of aromatic nitrogens is 3. The van der Waals surface area contributed by atoms with E-state index in [9.17, 15) is 4.79 Å². The highest BCUT2D eigenvalue weighted by molar-refractivity contribution is 7.98. The zero-order chi connectivity index (χ0) is 16.2. The van der Waals surface area contributed by atoms with Gasteiger partial charge in [-0.05, 0) is 12.5 Å². The summed E-state index contributed by atoms with van der Waals surface area (Å²) in [5.41, 5.74) is 7.97. The lowest BCUT2D eigenvalue weighted by Crippen LogP contribution is -2.04. The predicted molar refractivity (Wildman–Crippen MR) is 89.4 cm³/mol. The average molecular weight is 328 g/mol. The number of nitrogen functional groups attached to an aromatic ring is 1. The number of fused-ring (bicyclic) bond motifs is 1. The van der Waals surface area contributed by atoms with Gasteiger partial charge in [0.15, 0.2) is 5.69 Å². The number of hydrogen-bond acceptors (Lipinski definition) is 6. The van der Waals surface area contributed by atoms with E-state index < -0.39 is 5.97 Å². The van der Waals surface area contributed by atoms with Gasteiger partial charge in [0.2, 0.25) is 5.95 Å². The molecule has 2 heterocycles. The van der Waals surface area contributed by atoms with Crippen LogP contribution in [0.3, 0.4) is 0 Å². The lowest BCUT2D eigenvalue weighted by Gasteiger charge is -2.04. The molecular formula is C16H16N4O2S. The maximum atomic E-state index is 11.8. The number of esters is 1. The van der Waals surface area contributed by atoms with Gasteiger partial charge in [-0.3, -0.25) is 4.40 Å². The summed E-state index contributed by atoms with van der Waals surface area (Å²) in [6.45, 7) is 2.06. The molecule has 0 bridgehead atoms.